The Morgan fingerprint density at radius 1 is 1.00 bits per heavy atom. The standard InChI is InChI=1S/C24H20N2O5S/c27-22-21(32-24(29)26-22)14-16-9-11-18(12-10-16)30-15-20(19-8-4-5-13-25-19)31-23(28)17-6-2-1-3-7-17/h1-13,20-21H,14-15H2,(H,26,27,29). The number of ether oxygens (including phenoxy) is 2. The average Bonchev–Trinajstić information content (AvgIpc) is 3.15. The molecule has 0 bridgehead atoms. The van der Waals surface area contributed by atoms with E-state index in [0.29, 0.717) is 23.4 Å². The van der Waals surface area contributed by atoms with Gasteiger partial charge in [0.05, 0.1) is 16.5 Å². The van der Waals surface area contributed by atoms with E-state index in [0.717, 1.165) is 17.3 Å². The minimum absolute atomic E-state index is 0.0876. The van der Waals surface area contributed by atoms with Crippen molar-refractivity contribution in [2.75, 3.05) is 6.61 Å². The number of nitrogens with zero attached hydrogens (tertiary/aromatic N) is 1. The quantitative estimate of drug-likeness (QED) is 0.521. The van der Waals surface area contributed by atoms with Gasteiger partial charge in [-0.25, -0.2) is 4.79 Å². The van der Waals surface area contributed by atoms with Crippen molar-refractivity contribution in [3.05, 3.63) is 95.8 Å². The van der Waals surface area contributed by atoms with Crippen LogP contribution in [0.4, 0.5) is 4.79 Å². The second-order valence-electron chi connectivity index (χ2n) is 7.06. The first-order valence-electron chi connectivity index (χ1n) is 9.98. The number of carbonyl (C=O) groups is 3. The zero-order valence-electron chi connectivity index (χ0n) is 17.0. The Labute approximate surface area is 189 Å². The zero-order chi connectivity index (χ0) is 22.3. The van der Waals surface area contributed by atoms with Crippen LogP contribution in [0, 0.1) is 0 Å². The second-order valence-corrected chi connectivity index (χ2v) is 8.23. The molecule has 8 heteroatoms. The molecule has 2 unspecified atom stereocenters. The number of imide groups is 1. The molecular weight excluding hydrogens is 428 g/mol. The Bertz CT molecular complexity index is 1090. The highest BCUT2D eigenvalue weighted by Gasteiger charge is 2.31. The third-order valence-corrected chi connectivity index (χ3v) is 5.77. The minimum atomic E-state index is -0.687. The van der Waals surface area contributed by atoms with E-state index >= 15 is 0 Å². The second kappa shape index (κ2) is 10.1. The van der Waals surface area contributed by atoms with Crippen LogP contribution < -0.4 is 10.1 Å². The van der Waals surface area contributed by atoms with Gasteiger partial charge in [-0.1, -0.05) is 48.2 Å². The van der Waals surface area contributed by atoms with Gasteiger partial charge in [0, 0.05) is 6.20 Å². The maximum atomic E-state index is 12.5. The molecule has 2 heterocycles. The number of esters is 1. The summed E-state index contributed by atoms with van der Waals surface area (Å²) in [5, 5.41) is 1.56. The molecular formula is C24H20N2O5S. The maximum absolute atomic E-state index is 12.5. The van der Waals surface area contributed by atoms with Crippen molar-refractivity contribution < 1.29 is 23.9 Å². The first kappa shape index (κ1) is 21.6. The molecule has 0 spiro atoms. The molecule has 1 aliphatic heterocycles. The van der Waals surface area contributed by atoms with Crippen molar-refractivity contribution in [2.24, 2.45) is 0 Å². The molecule has 0 saturated carbocycles. The van der Waals surface area contributed by atoms with E-state index in [1.54, 1.807) is 54.7 Å². The molecule has 0 aliphatic carbocycles. The summed E-state index contributed by atoms with van der Waals surface area (Å²) in [6.07, 6.45) is 1.40. The molecule has 1 fully saturated rings. The molecule has 2 atom stereocenters. The lowest BCUT2D eigenvalue weighted by Gasteiger charge is -2.18. The van der Waals surface area contributed by atoms with Crippen LogP contribution in [0.2, 0.25) is 0 Å². The molecule has 2 aromatic carbocycles. The van der Waals surface area contributed by atoms with E-state index in [-0.39, 0.29) is 17.8 Å². The van der Waals surface area contributed by atoms with Crippen molar-refractivity contribution in [3.8, 4) is 5.75 Å². The van der Waals surface area contributed by atoms with E-state index in [1.807, 2.05) is 24.3 Å². The summed E-state index contributed by atoms with van der Waals surface area (Å²) in [6.45, 7) is 0.0876. The Morgan fingerprint density at radius 3 is 2.41 bits per heavy atom. The molecule has 1 aromatic heterocycles. The van der Waals surface area contributed by atoms with E-state index in [9.17, 15) is 14.4 Å². The monoisotopic (exact) mass is 448 g/mol. The fourth-order valence-electron chi connectivity index (χ4n) is 3.15. The van der Waals surface area contributed by atoms with Crippen LogP contribution in [-0.4, -0.2) is 34.0 Å². The third kappa shape index (κ3) is 5.53. The fraction of sp³-hybridized carbons (Fsp3) is 0.167. The first-order chi connectivity index (χ1) is 15.6. The van der Waals surface area contributed by atoms with Gasteiger partial charge in [-0.05, 0) is 48.4 Å². The minimum Gasteiger partial charge on any atom is -0.489 e. The molecule has 3 aromatic rings. The van der Waals surface area contributed by atoms with Gasteiger partial charge in [-0.3, -0.25) is 19.9 Å². The molecule has 7 nitrogen and oxygen atoms in total. The SMILES string of the molecule is O=C1NC(=O)C(Cc2ccc(OCC(OC(=O)c3ccccc3)c3ccccn3)cc2)S1. The molecule has 4 rings (SSSR count). The highest BCUT2D eigenvalue weighted by molar-refractivity contribution is 8.15. The van der Waals surface area contributed by atoms with Crippen LogP contribution in [0.3, 0.4) is 0 Å². The number of amides is 2. The van der Waals surface area contributed by atoms with Gasteiger partial charge in [-0.15, -0.1) is 0 Å². The number of hydrogen-bond acceptors (Lipinski definition) is 7. The average molecular weight is 449 g/mol. The van der Waals surface area contributed by atoms with Crippen LogP contribution in [0.25, 0.3) is 0 Å². The van der Waals surface area contributed by atoms with Crippen LogP contribution in [0.15, 0.2) is 79.0 Å². The lowest BCUT2D eigenvalue weighted by Crippen LogP contribution is -2.25. The summed E-state index contributed by atoms with van der Waals surface area (Å²) in [5.74, 6) is -0.133. The van der Waals surface area contributed by atoms with E-state index in [1.165, 1.54) is 0 Å². The van der Waals surface area contributed by atoms with Crippen molar-refractivity contribution in [3.63, 3.8) is 0 Å². The Balaban J connectivity index is 1.40. The van der Waals surface area contributed by atoms with Gasteiger partial charge in [0.25, 0.3) is 5.24 Å². The third-order valence-electron chi connectivity index (χ3n) is 4.79. The topological polar surface area (TPSA) is 94.6 Å². The normalized spacial score (nSPS) is 16.3. The number of hydrogen-bond donors (Lipinski definition) is 1. The number of aromatic nitrogens is 1. The summed E-state index contributed by atoms with van der Waals surface area (Å²) in [7, 11) is 0. The molecule has 2 amide bonds. The Hall–Kier alpha value is -3.65. The molecule has 1 aliphatic rings. The molecule has 1 saturated heterocycles. The smallest absolute Gasteiger partial charge is 0.338 e. The van der Waals surface area contributed by atoms with Gasteiger partial charge in [0.15, 0.2) is 6.10 Å². The highest BCUT2D eigenvalue weighted by Crippen LogP contribution is 2.25. The fourth-order valence-corrected chi connectivity index (χ4v) is 4.01. The predicted octanol–water partition coefficient (Wildman–Crippen LogP) is 3.95. The van der Waals surface area contributed by atoms with E-state index < -0.39 is 17.3 Å². The molecule has 0 radical (unpaired) electrons. The molecule has 1 N–H and O–H groups in total. The van der Waals surface area contributed by atoms with Crippen molar-refractivity contribution >= 4 is 28.9 Å². The zero-order valence-corrected chi connectivity index (χ0v) is 17.8. The van der Waals surface area contributed by atoms with Crippen LogP contribution in [-0.2, 0) is 16.0 Å². The maximum Gasteiger partial charge on any atom is 0.338 e. The van der Waals surface area contributed by atoms with Crippen molar-refractivity contribution in [1.29, 1.82) is 0 Å². The highest BCUT2D eigenvalue weighted by atomic mass is 32.2. The summed E-state index contributed by atoms with van der Waals surface area (Å²) >= 11 is 1.00. The summed E-state index contributed by atoms with van der Waals surface area (Å²) < 4.78 is 11.5. The van der Waals surface area contributed by atoms with Crippen molar-refractivity contribution in [1.82, 2.24) is 10.3 Å². The van der Waals surface area contributed by atoms with E-state index in [4.69, 9.17) is 9.47 Å². The van der Waals surface area contributed by atoms with Crippen LogP contribution in [0.5, 0.6) is 5.75 Å². The lowest BCUT2D eigenvalue weighted by molar-refractivity contribution is -0.118. The van der Waals surface area contributed by atoms with Gasteiger partial charge >= 0.3 is 5.97 Å². The van der Waals surface area contributed by atoms with Gasteiger partial charge in [-0.2, -0.15) is 0 Å². The van der Waals surface area contributed by atoms with E-state index in [2.05, 4.69) is 10.3 Å². The largest absolute Gasteiger partial charge is 0.489 e. The molecule has 32 heavy (non-hydrogen) atoms. The number of pyridine rings is 1. The van der Waals surface area contributed by atoms with Gasteiger partial charge < -0.3 is 9.47 Å². The summed E-state index contributed by atoms with van der Waals surface area (Å²) in [6, 6.07) is 21.4. The van der Waals surface area contributed by atoms with Crippen LogP contribution in [0.1, 0.15) is 27.7 Å². The number of rotatable bonds is 8. The van der Waals surface area contributed by atoms with Crippen LogP contribution >= 0.6 is 11.8 Å². The summed E-state index contributed by atoms with van der Waals surface area (Å²) in [5.41, 5.74) is 1.95. The predicted molar refractivity (Wildman–Crippen MR) is 119 cm³/mol. The van der Waals surface area contributed by atoms with Gasteiger partial charge in [0.1, 0.15) is 12.4 Å². The Morgan fingerprint density at radius 2 is 1.75 bits per heavy atom. The summed E-state index contributed by atoms with van der Waals surface area (Å²) in [4.78, 5) is 39.9. The lowest BCUT2D eigenvalue weighted by atomic mass is 10.1. The number of benzene rings is 2. The number of nitrogens with one attached hydrogen (secondary N) is 1. The van der Waals surface area contributed by atoms with Crippen molar-refractivity contribution in [2.45, 2.75) is 17.8 Å². The number of carbonyl (C=O) groups excluding carboxylic acids is 3. The van der Waals surface area contributed by atoms with Gasteiger partial charge in [0.2, 0.25) is 5.91 Å². The number of thioether (sulfide) groups is 1. The first-order valence-corrected chi connectivity index (χ1v) is 10.9. The molecule has 162 valence electrons. The Kier molecular flexibility index (Phi) is 6.81.